The van der Waals surface area contributed by atoms with Crippen molar-refractivity contribution in [3.8, 4) is 33.4 Å². The van der Waals surface area contributed by atoms with Crippen molar-refractivity contribution in [2.75, 3.05) is 4.90 Å². The summed E-state index contributed by atoms with van der Waals surface area (Å²) in [7, 11) is 0. The van der Waals surface area contributed by atoms with Crippen LogP contribution in [0.15, 0.2) is 205 Å². The molecule has 0 amide bonds. The summed E-state index contributed by atoms with van der Waals surface area (Å²) >= 11 is 0. The molecule has 0 aliphatic heterocycles. The second kappa shape index (κ2) is 12.5. The molecule has 2 heteroatoms. The maximum Gasteiger partial charge on any atom is 0.135 e. The molecule has 0 aliphatic carbocycles. The number of para-hydroxylation sites is 2. The first-order valence-corrected chi connectivity index (χ1v) is 17.8. The number of benzene rings is 9. The molecular formula is C50H33NO. The van der Waals surface area contributed by atoms with E-state index < -0.39 is 0 Å². The van der Waals surface area contributed by atoms with Gasteiger partial charge in [0, 0.05) is 27.7 Å². The molecule has 0 fully saturated rings. The highest BCUT2D eigenvalue weighted by Gasteiger charge is 2.19. The fourth-order valence-corrected chi connectivity index (χ4v) is 7.77. The Morgan fingerprint density at radius 1 is 0.308 bits per heavy atom. The molecule has 0 aliphatic rings. The number of anilines is 3. The molecule has 52 heavy (non-hydrogen) atoms. The molecule has 0 saturated carbocycles. The van der Waals surface area contributed by atoms with Crippen LogP contribution in [0.4, 0.5) is 17.1 Å². The predicted molar refractivity (Wildman–Crippen MR) is 220 cm³/mol. The minimum Gasteiger partial charge on any atom is -0.456 e. The summed E-state index contributed by atoms with van der Waals surface area (Å²) in [4.78, 5) is 2.39. The van der Waals surface area contributed by atoms with E-state index in [0.29, 0.717) is 0 Å². The molecule has 10 rings (SSSR count). The number of furan rings is 1. The number of fused-ring (bicyclic) bond motifs is 6. The van der Waals surface area contributed by atoms with Crippen LogP contribution in [-0.4, -0.2) is 0 Å². The maximum absolute atomic E-state index is 6.15. The first-order chi connectivity index (χ1) is 25.8. The van der Waals surface area contributed by atoms with Gasteiger partial charge in [0.15, 0.2) is 0 Å². The van der Waals surface area contributed by atoms with Gasteiger partial charge in [0.05, 0.1) is 5.69 Å². The van der Waals surface area contributed by atoms with Crippen molar-refractivity contribution in [1.82, 2.24) is 0 Å². The number of nitrogens with zero attached hydrogens (tertiary/aromatic N) is 1. The quantitative estimate of drug-likeness (QED) is 0.165. The lowest BCUT2D eigenvalue weighted by molar-refractivity contribution is 0.669. The van der Waals surface area contributed by atoms with E-state index in [4.69, 9.17) is 4.42 Å². The average Bonchev–Trinajstić information content (AvgIpc) is 3.60. The van der Waals surface area contributed by atoms with Gasteiger partial charge in [-0.25, -0.2) is 0 Å². The fraction of sp³-hybridized carbons (Fsp3) is 0. The van der Waals surface area contributed by atoms with Crippen LogP contribution in [0.2, 0.25) is 0 Å². The molecule has 1 heterocycles. The number of hydrogen-bond acceptors (Lipinski definition) is 2. The minimum atomic E-state index is 0.902. The van der Waals surface area contributed by atoms with Crippen molar-refractivity contribution in [2.45, 2.75) is 0 Å². The van der Waals surface area contributed by atoms with Crippen LogP contribution in [0, 0.1) is 0 Å². The second-order valence-electron chi connectivity index (χ2n) is 13.3. The molecule has 0 spiro atoms. The van der Waals surface area contributed by atoms with E-state index in [-0.39, 0.29) is 0 Å². The fourth-order valence-electron chi connectivity index (χ4n) is 7.77. The Hall–Kier alpha value is -6.90. The lowest BCUT2D eigenvalue weighted by Crippen LogP contribution is -2.11. The van der Waals surface area contributed by atoms with E-state index in [1.165, 1.54) is 43.8 Å². The Kier molecular flexibility index (Phi) is 7.18. The van der Waals surface area contributed by atoms with Crippen LogP contribution in [0.3, 0.4) is 0 Å². The highest BCUT2D eigenvalue weighted by molar-refractivity contribution is 6.12. The van der Waals surface area contributed by atoms with Gasteiger partial charge in [-0.1, -0.05) is 152 Å². The SMILES string of the molecule is c1ccc(-c2ccccc2N(c2ccc(-c3cccc4c3ccc3ccccc34)cc2)c2cccc(-c3ccc4oc5ccccc5c4c3)c2)cc1. The average molecular weight is 664 g/mol. The predicted octanol–water partition coefficient (Wildman–Crippen LogP) is 14.4. The van der Waals surface area contributed by atoms with Gasteiger partial charge in [0.1, 0.15) is 11.2 Å². The third kappa shape index (κ3) is 5.12. The zero-order valence-electron chi connectivity index (χ0n) is 28.4. The van der Waals surface area contributed by atoms with Crippen LogP contribution in [0.5, 0.6) is 0 Å². The first-order valence-electron chi connectivity index (χ1n) is 17.8. The molecule has 244 valence electrons. The van der Waals surface area contributed by atoms with E-state index in [2.05, 4.69) is 193 Å². The third-order valence-corrected chi connectivity index (χ3v) is 10.3. The van der Waals surface area contributed by atoms with Crippen LogP contribution in [0.1, 0.15) is 0 Å². The van der Waals surface area contributed by atoms with Gasteiger partial charge < -0.3 is 9.32 Å². The van der Waals surface area contributed by atoms with Crippen molar-refractivity contribution in [2.24, 2.45) is 0 Å². The van der Waals surface area contributed by atoms with Gasteiger partial charge in [-0.2, -0.15) is 0 Å². The summed E-state index contributed by atoms with van der Waals surface area (Å²) in [6, 6.07) is 71.8. The van der Waals surface area contributed by atoms with E-state index in [1.807, 2.05) is 12.1 Å². The van der Waals surface area contributed by atoms with Crippen LogP contribution in [0.25, 0.3) is 76.9 Å². The van der Waals surface area contributed by atoms with Crippen molar-refractivity contribution in [3.05, 3.63) is 200 Å². The summed E-state index contributed by atoms with van der Waals surface area (Å²) in [5.41, 5.74) is 12.2. The molecule has 0 bridgehead atoms. The lowest BCUT2D eigenvalue weighted by Gasteiger charge is -2.28. The Labute approximate surface area is 302 Å². The number of rotatable bonds is 6. The topological polar surface area (TPSA) is 16.4 Å². The van der Waals surface area contributed by atoms with Gasteiger partial charge in [-0.3, -0.25) is 0 Å². The first kappa shape index (κ1) is 30.0. The third-order valence-electron chi connectivity index (χ3n) is 10.3. The molecular weight excluding hydrogens is 631 g/mol. The van der Waals surface area contributed by atoms with Crippen molar-refractivity contribution in [3.63, 3.8) is 0 Å². The lowest BCUT2D eigenvalue weighted by atomic mass is 9.94. The van der Waals surface area contributed by atoms with Gasteiger partial charge in [-0.15, -0.1) is 0 Å². The normalized spacial score (nSPS) is 11.5. The molecule has 1 aromatic heterocycles. The van der Waals surface area contributed by atoms with E-state index in [0.717, 1.165) is 50.1 Å². The molecule has 2 nitrogen and oxygen atoms in total. The molecule has 10 aromatic rings. The second-order valence-corrected chi connectivity index (χ2v) is 13.3. The van der Waals surface area contributed by atoms with E-state index in [9.17, 15) is 0 Å². The van der Waals surface area contributed by atoms with Crippen LogP contribution < -0.4 is 4.90 Å². The minimum absolute atomic E-state index is 0.902. The highest BCUT2D eigenvalue weighted by Crippen LogP contribution is 2.43. The largest absolute Gasteiger partial charge is 0.456 e. The summed E-state index contributed by atoms with van der Waals surface area (Å²) in [5.74, 6) is 0. The zero-order valence-corrected chi connectivity index (χ0v) is 28.4. The summed E-state index contributed by atoms with van der Waals surface area (Å²) in [6.07, 6.45) is 0. The van der Waals surface area contributed by atoms with Gasteiger partial charge in [0.2, 0.25) is 0 Å². The summed E-state index contributed by atoms with van der Waals surface area (Å²) in [6.45, 7) is 0. The van der Waals surface area contributed by atoms with Crippen molar-refractivity contribution < 1.29 is 4.42 Å². The Balaban J connectivity index is 1.11. The van der Waals surface area contributed by atoms with E-state index >= 15 is 0 Å². The van der Waals surface area contributed by atoms with Gasteiger partial charge >= 0.3 is 0 Å². The van der Waals surface area contributed by atoms with Crippen molar-refractivity contribution in [1.29, 1.82) is 0 Å². The molecule has 0 saturated heterocycles. The van der Waals surface area contributed by atoms with Crippen molar-refractivity contribution >= 4 is 60.5 Å². The molecule has 0 atom stereocenters. The molecule has 9 aromatic carbocycles. The Bertz CT molecular complexity index is 2900. The standard InChI is InChI=1S/C50H33NO/c1-2-12-34(13-3-1)43-18-6-8-22-48(43)51(40-16-10-15-37(32-40)38-27-31-50-47(33-38)46-19-7-9-23-49(46)52-50)39-28-24-36(25-29-39)42-20-11-21-44-41-17-5-4-14-35(41)26-30-45(42)44/h1-33H. The molecule has 0 N–H and O–H groups in total. The highest BCUT2D eigenvalue weighted by atomic mass is 16.3. The maximum atomic E-state index is 6.15. The zero-order chi connectivity index (χ0) is 34.4. The Morgan fingerprint density at radius 3 is 1.85 bits per heavy atom. The molecule has 0 unspecified atom stereocenters. The van der Waals surface area contributed by atoms with Gasteiger partial charge in [0.25, 0.3) is 0 Å². The van der Waals surface area contributed by atoms with E-state index in [1.54, 1.807) is 0 Å². The summed E-state index contributed by atoms with van der Waals surface area (Å²) < 4.78 is 6.15. The van der Waals surface area contributed by atoms with Crippen LogP contribution >= 0.6 is 0 Å². The number of hydrogen-bond donors (Lipinski definition) is 0. The Morgan fingerprint density at radius 2 is 0.942 bits per heavy atom. The van der Waals surface area contributed by atoms with Gasteiger partial charge in [-0.05, 0) is 97.9 Å². The summed E-state index contributed by atoms with van der Waals surface area (Å²) in [5, 5.41) is 7.33. The molecule has 0 radical (unpaired) electrons. The van der Waals surface area contributed by atoms with Crippen LogP contribution in [-0.2, 0) is 0 Å². The smallest absolute Gasteiger partial charge is 0.135 e. The monoisotopic (exact) mass is 663 g/mol.